The Morgan fingerprint density at radius 3 is 2.64 bits per heavy atom. The van der Waals surface area contributed by atoms with E-state index in [0.717, 1.165) is 33.3 Å². The number of fused-ring (bicyclic) bond motifs is 1. The summed E-state index contributed by atoms with van der Waals surface area (Å²) in [7, 11) is 1.53. The largest absolute Gasteiger partial charge is 0.496 e. The first-order valence-corrected chi connectivity index (χ1v) is 10.6. The van der Waals surface area contributed by atoms with Crippen LogP contribution in [0.25, 0.3) is 22.2 Å². The second kappa shape index (κ2) is 9.15. The highest BCUT2D eigenvalue weighted by Crippen LogP contribution is 2.32. The molecule has 0 aliphatic heterocycles. The molecule has 0 spiro atoms. The van der Waals surface area contributed by atoms with Crippen molar-refractivity contribution in [1.29, 1.82) is 0 Å². The molecule has 9 heteroatoms. The van der Waals surface area contributed by atoms with E-state index >= 15 is 0 Å². The van der Waals surface area contributed by atoms with E-state index in [9.17, 15) is 9.59 Å². The van der Waals surface area contributed by atoms with Crippen LogP contribution in [0.1, 0.15) is 28.4 Å². The van der Waals surface area contributed by atoms with Crippen molar-refractivity contribution in [2.45, 2.75) is 27.3 Å². The number of hydrogen-bond acceptors (Lipinski definition) is 5. The van der Waals surface area contributed by atoms with Gasteiger partial charge in [-0.3, -0.25) is 19.4 Å². The third-order valence-electron chi connectivity index (χ3n) is 5.43. The van der Waals surface area contributed by atoms with Gasteiger partial charge in [-0.2, -0.15) is 10.2 Å². The Morgan fingerprint density at radius 2 is 1.94 bits per heavy atom. The summed E-state index contributed by atoms with van der Waals surface area (Å²) < 4.78 is 7.04. The first-order valence-electron chi connectivity index (χ1n) is 10.6. The number of para-hydroxylation sites is 1. The summed E-state index contributed by atoms with van der Waals surface area (Å²) in [6.07, 6.45) is 3.40. The molecule has 33 heavy (non-hydrogen) atoms. The number of nitrogens with one attached hydrogen (secondary N) is 3. The number of ether oxygens (including phenoxy) is 1. The van der Waals surface area contributed by atoms with Crippen molar-refractivity contribution in [2.75, 3.05) is 19.0 Å². The second-order valence-electron chi connectivity index (χ2n) is 7.77. The minimum Gasteiger partial charge on any atom is -0.496 e. The summed E-state index contributed by atoms with van der Waals surface area (Å²) in [5.74, 6) is 0.0489. The number of aromatic amines is 1. The zero-order chi connectivity index (χ0) is 23.5. The van der Waals surface area contributed by atoms with Gasteiger partial charge in [-0.25, -0.2) is 0 Å². The predicted octanol–water partition coefficient (Wildman–Crippen LogP) is 3.44. The normalized spacial score (nSPS) is 10.9. The Hall–Kier alpha value is -4.14. The predicted molar refractivity (Wildman–Crippen MR) is 126 cm³/mol. The molecule has 0 saturated carbocycles. The molecule has 0 aliphatic rings. The van der Waals surface area contributed by atoms with Crippen molar-refractivity contribution >= 4 is 28.4 Å². The third-order valence-corrected chi connectivity index (χ3v) is 5.43. The lowest BCUT2D eigenvalue weighted by molar-refractivity contribution is -0.121. The van der Waals surface area contributed by atoms with Gasteiger partial charge in [0.1, 0.15) is 18.0 Å². The molecule has 0 fully saturated rings. The van der Waals surface area contributed by atoms with E-state index in [1.165, 1.54) is 7.11 Å². The molecule has 0 atom stereocenters. The summed E-state index contributed by atoms with van der Waals surface area (Å²) in [4.78, 5) is 25.1. The van der Waals surface area contributed by atoms with Crippen LogP contribution in [0.15, 0.2) is 42.7 Å². The van der Waals surface area contributed by atoms with Crippen molar-refractivity contribution < 1.29 is 14.3 Å². The molecule has 2 aromatic heterocycles. The molecule has 0 saturated heterocycles. The fourth-order valence-electron chi connectivity index (χ4n) is 3.78. The Kier molecular flexibility index (Phi) is 6.12. The fraction of sp³-hybridized carbons (Fsp3) is 0.250. The number of H-pyrrole nitrogens is 1. The number of aromatic nitrogens is 4. The topological polar surface area (TPSA) is 114 Å². The van der Waals surface area contributed by atoms with Crippen LogP contribution >= 0.6 is 0 Å². The molecule has 9 nitrogen and oxygen atoms in total. The molecule has 0 unspecified atom stereocenters. The van der Waals surface area contributed by atoms with Gasteiger partial charge in [0.15, 0.2) is 0 Å². The minimum absolute atomic E-state index is 0.116. The summed E-state index contributed by atoms with van der Waals surface area (Å²) in [6, 6.07) is 9.38. The lowest BCUT2D eigenvalue weighted by Gasteiger charge is -2.13. The van der Waals surface area contributed by atoms with E-state index < -0.39 is 0 Å². The highest BCUT2D eigenvalue weighted by molar-refractivity contribution is 6.10. The number of methoxy groups -OCH3 is 1. The highest BCUT2D eigenvalue weighted by atomic mass is 16.5. The van der Waals surface area contributed by atoms with Crippen LogP contribution in [-0.4, -0.2) is 45.4 Å². The van der Waals surface area contributed by atoms with Gasteiger partial charge in [-0.05, 0) is 38.0 Å². The molecule has 2 amide bonds. The smallest absolute Gasteiger partial charge is 0.259 e. The number of nitrogens with zero attached hydrogens (tertiary/aromatic N) is 3. The summed E-state index contributed by atoms with van der Waals surface area (Å²) in [6.45, 7) is 6.45. The molecule has 0 bridgehead atoms. The van der Waals surface area contributed by atoms with Crippen molar-refractivity contribution in [3.63, 3.8) is 0 Å². The van der Waals surface area contributed by atoms with Crippen molar-refractivity contribution in [2.24, 2.45) is 0 Å². The molecular formula is C24H26N6O3. The van der Waals surface area contributed by atoms with E-state index in [0.29, 0.717) is 23.6 Å². The van der Waals surface area contributed by atoms with Crippen molar-refractivity contribution in [3.8, 4) is 17.0 Å². The van der Waals surface area contributed by atoms with E-state index in [2.05, 4.69) is 25.9 Å². The average Bonchev–Trinajstić information content (AvgIpc) is 3.41. The average molecular weight is 447 g/mol. The van der Waals surface area contributed by atoms with Gasteiger partial charge >= 0.3 is 0 Å². The van der Waals surface area contributed by atoms with Gasteiger partial charge in [-0.15, -0.1) is 0 Å². The maximum absolute atomic E-state index is 13.2. The second-order valence-corrected chi connectivity index (χ2v) is 7.77. The number of amides is 2. The van der Waals surface area contributed by atoms with Gasteiger partial charge in [0, 0.05) is 35.4 Å². The number of benzene rings is 2. The van der Waals surface area contributed by atoms with E-state index in [1.807, 2.05) is 39.0 Å². The van der Waals surface area contributed by atoms with Gasteiger partial charge < -0.3 is 15.4 Å². The summed E-state index contributed by atoms with van der Waals surface area (Å²) >= 11 is 0. The molecule has 0 aliphatic carbocycles. The number of likely N-dealkylation sites (N-methyl/N-ethyl adjacent to an activating group) is 1. The maximum atomic E-state index is 13.2. The number of carbonyl (C=O) groups excluding carboxylic acids is 2. The van der Waals surface area contributed by atoms with Crippen molar-refractivity contribution in [1.82, 2.24) is 25.3 Å². The molecule has 0 radical (unpaired) electrons. The van der Waals surface area contributed by atoms with Crippen LogP contribution in [0, 0.1) is 13.8 Å². The lowest BCUT2D eigenvalue weighted by Crippen LogP contribution is -2.27. The summed E-state index contributed by atoms with van der Waals surface area (Å²) in [5, 5.41) is 18.2. The molecule has 4 aromatic rings. The van der Waals surface area contributed by atoms with Gasteiger partial charge in [0.2, 0.25) is 5.91 Å². The van der Waals surface area contributed by atoms with Crippen LogP contribution in [-0.2, 0) is 11.3 Å². The Bertz CT molecular complexity index is 1320. The van der Waals surface area contributed by atoms with Crippen LogP contribution in [0.4, 0.5) is 5.69 Å². The molecule has 2 heterocycles. The molecule has 4 rings (SSSR count). The number of hydrogen-bond donors (Lipinski definition) is 3. The lowest BCUT2D eigenvalue weighted by atomic mass is 10.0. The third kappa shape index (κ3) is 4.43. The Balaban J connectivity index is 1.69. The minimum atomic E-state index is -0.273. The number of aryl methyl sites for hydroxylation is 2. The quantitative estimate of drug-likeness (QED) is 0.402. The fourth-order valence-corrected chi connectivity index (χ4v) is 3.78. The van der Waals surface area contributed by atoms with E-state index in [-0.39, 0.29) is 18.4 Å². The maximum Gasteiger partial charge on any atom is 0.259 e. The number of anilines is 1. The first-order chi connectivity index (χ1) is 15.9. The summed E-state index contributed by atoms with van der Waals surface area (Å²) in [5.41, 5.74) is 5.22. The standard InChI is InChI=1S/C24H26N6O3/c1-5-25-21(31)13-30-12-16(11-26-30)23-17-9-18(20(33-4)10-19(17)28-29-23)24(32)27-22-14(2)7-6-8-15(22)3/h6-12H,5,13H2,1-4H3,(H,25,31)(H,27,32)(H,28,29). The van der Waals surface area contributed by atoms with Gasteiger partial charge in [0.25, 0.3) is 5.91 Å². The van der Waals surface area contributed by atoms with Crippen molar-refractivity contribution in [3.05, 3.63) is 59.4 Å². The number of carbonyl (C=O) groups is 2. The van der Waals surface area contributed by atoms with Crippen LogP contribution < -0.4 is 15.4 Å². The van der Waals surface area contributed by atoms with Crippen LogP contribution in [0.5, 0.6) is 5.75 Å². The zero-order valence-corrected chi connectivity index (χ0v) is 19.0. The highest BCUT2D eigenvalue weighted by Gasteiger charge is 2.19. The molecular weight excluding hydrogens is 420 g/mol. The van der Waals surface area contributed by atoms with E-state index in [1.54, 1.807) is 29.2 Å². The van der Waals surface area contributed by atoms with Crippen LogP contribution in [0.3, 0.4) is 0 Å². The van der Waals surface area contributed by atoms with Gasteiger partial charge in [-0.1, -0.05) is 18.2 Å². The Morgan fingerprint density at radius 1 is 1.18 bits per heavy atom. The van der Waals surface area contributed by atoms with Crippen LogP contribution in [0.2, 0.25) is 0 Å². The van der Waals surface area contributed by atoms with Gasteiger partial charge in [0.05, 0.1) is 24.4 Å². The first kappa shape index (κ1) is 22.1. The molecule has 170 valence electrons. The number of rotatable bonds is 7. The molecule has 3 N–H and O–H groups in total. The Labute approximate surface area is 191 Å². The molecule has 2 aromatic carbocycles. The van der Waals surface area contributed by atoms with E-state index in [4.69, 9.17) is 4.74 Å². The monoisotopic (exact) mass is 446 g/mol. The zero-order valence-electron chi connectivity index (χ0n) is 19.0. The SMILES string of the molecule is CCNC(=O)Cn1cc(-c2n[nH]c3cc(OC)c(C(=O)Nc4c(C)cccc4C)cc23)cn1.